The molecule has 1 rings (SSSR count). The standard InChI is InChI=1S/C9H9F3N2O/c10-9(11,12)7(15)4-6-14-8-3-1-2-5-13-8/h1-7,15H,(H,13,14)/b6-4+/t7-/m0/s1. The number of aromatic nitrogens is 1. The molecule has 0 aliphatic rings. The highest BCUT2D eigenvalue weighted by molar-refractivity contribution is 5.36. The van der Waals surface area contributed by atoms with E-state index in [-0.39, 0.29) is 0 Å². The molecule has 1 heterocycles. The molecule has 0 spiro atoms. The van der Waals surface area contributed by atoms with E-state index in [4.69, 9.17) is 5.11 Å². The van der Waals surface area contributed by atoms with Crippen molar-refractivity contribution in [3.63, 3.8) is 0 Å². The predicted octanol–water partition coefficient (Wildman–Crippen LogP) is 1.93. The van der Waals surface area contributed by atoms with E-state index in [2.05, 4.69) is 10.3 Å². The van der Waals surface area contributed by atoms with Crippen LogP contribution in [-0.2, 0) is 0 Å². The van der Waals surface area contributed by atoms with Gasteiger partial charge in [0.15, 0.2) is 6.10 Å². The summed E-state index contributed by atoms with van der Waals surface area (Å²) < 4.78 is 35.5. The molecule has 1 aromatic rings. The van der Waals surface area contributed by atoms with E-state index < -0.39 is 12.3 Å². The van der Waals surface area contributed by atoms with Crippen LogP contribution in [0.4, 0.5) is 19.0 Å². The number of aliphatic hydroxyl groups is 1. The highest BCUT2D eigenvalue weighted by Crippen LogP contribution is 2.20. The molecule has 0 aliphatic carbocycles. The van der Waals surface area contributed by atoms with E-state index in [1.165, 1.54) is 6.20 Å². The number of anilines is 1. The summed E-state index contributed by atoms with van der Waals surface area (Å²) in [7, 11) is 0. The molecular weight excluding hydrogens is 209 g/mol. The monoisotopic (exact) mass is 218 g/mol. The molecule has 0 amide bonds. The number of rotatable bonds is 3. The van der Waals surface area contributed by atoms with Gasteiger partial charge in [-0.25, -0.2) is 4.98 Å². The zero-order valence-electron chi connectivity index (χ0n) is 7.57. The Kier molecular flexibility index (Phi) is 3.68. The fraction of sp³-hybridized carbons (Fsp3) is 0.222. The molecule has 0 radical (unpaired) electrons. The topological polar surface area (TPSA) is 45.1 Å². The van der Waals surface area contributed by atoms with E-state index >= 15 is 0 Å². The Hall–Kier alpha value is -1.56. The molecule has 0 aliphatic heterocycles. The van der Waals surface area contributed by atoms with Crippen LogP contribution in [0, 0.1) is 0 Å². The second kappa shape index (κ2) is 4.79. The van der Waals surface area contributed by atoms with E-state index in [0.717, 1.165) is 6.20 Å². The van der Waals surface area contributed by atoms with Gasteiger partial charge in [0.2, 0.25) is 0 Å². The number of nitrogens with one attached hydrogen (secondary N) is 1. The van der Waals surface area contributed by atoms with Crippen LogP contribution in [0.1, 0.15) is 0 Å². The minimum absolute atomic E-state index is 0.406. The van der Waals surface area contributed by atoms with Gasteiger partial charge in [0, 0.05) is 12.4 Å². The van der Waals surface area contributed by atoms with Crippen molar-refractivity contribution in [3.8, 4) is 0 Å². The van der Waals surface area contributed by atoms with Crippen LogP contribution < -0.4 is 5.32 Å². The van der Waals surface area contributed by atoms with E-state index in [1.54, 1.807) is 18.2 Å². The average Bonchev–Trinajstić information content (AvgIpc) is 2.18. The van der Waals surface area contributed by atoms with Crippen molar-refractivity contribution in [1.29, 1.82) is 0 Å². The zero-order chi connectivity index (χ0) is 11.3. The first kappa shape index (κ1) is 11.5. The molecule has 0 unspecified atom stereocenters. The summed E-state index contributed by atoms with van der Waals surface area (Å²) in [5.74, 6) is 0.406. The number of nitrogens with zero attached hydrogens (tertiary/aromatic N) is 1. The third kappa shape index (κ3) is 3.99. The summed E-state index contributed by atoms with van der Waals surface area (Å²) in [5, 5.41) is 11.1. The summed E-state index contributed by atoms with van der Waals surface area (Å²) in [6, 6.07) is 4.95. The Morgan fingerprint density at radius 3 is 2.67 bits per heavy atom. The van der Waals surface area contributed by atoms with Gasteiger partial charge in [-0.15, -0.1) is 0 Å². The summed E-state index contributed by atoms with van der Waals surface area (Å²) in [5.41, 5.74) is 0. The maximum Gasteiger partial charge on any atom is 0.418 e. The number of aliphatic hydroxyl groups excluding tert-OH is 1. The zero-order valence-corrected chi connectivity index (χ0v) is 7.57. The van der Waals surface area contributed by atoms with Gasteiger partial charge in [-0.3, -0.25) is 0 Å². The minimum atomic E-state index is -4.64. The largest absolute Gasteiger partial charge is 0.418 e. The third-order valence-corrected chi connectivity index (χ3v) is 1.51. The lowest BCUT2D eigenvalue weighted by Crippen LogP contribution is -2.26. The lowest BCUT2D eigenvalue weighted by atomic mass is 10.3. The summed E-state index contributed by atoms with van der Waals surface area (Å²) in [4.78, 5) is 3.81. The first-order chi connectivity index (χ1) is 7.00. The fourth-order valence-electron chi connectivity index (χ4n) is 0.782. The lowest BCUT2D eigenvalue weighted by molar-refractivity contribution is -0.187. The lowest BCUT2D eigenvalue weighted by Gasteiger charge is -2.09. The van der Waals surface area contributed by atoms with Gasteiger partial charge in [-0.1, -0.05) is 6.07 Å². The van der Waals surface area contributed by atoms with Gasteiger partial charge >= 0.3 is 6.18 Å². The highest BCUT2D eigenvalue weighted by Gasteiger charge is 2.36. The number of hydrogen-bond donors (Lipinski definition) is 2. The van der Waals surface area contributed by atoms with Crippen LogP contribution >= 0.6 is 0 Å². The Balaban J connectivity index is 2.47. The van der Waals surface area contributed by atoms with Crippen molar-refractivity contribution in [3.05, 3.63) is 36.7 Å². The molecule has 0 saturated carbocycles. The second-order valence-electron chi connectivity index (χ2n) is 2.70. The van der Waals surface area contributed by atoms with Crippen LogP contribution in [0.15, 0.2) is 36.7 Å². The smallest absolute Gasteiger partial charge is 0.380 e. The van der Waals surface area contributed by atoms with Gasteiger partial charge in [0.1, 0.15) is 5.82 Å². The average molecular weight is 218 g/mol. The quantitative estimate of drug-likeness (QED) is 0.814. The SMILES string of the molecule is O[C@@H](/C=C/Nc1ccccn1)C(F)(F)F. The molecule has 2 N–H and O–H groups in total. The van der Waals surface area contributed by atoms with E-state index in [0.29, 0.717) is 11.9 Å². The van der Waals surface area contributed by atoms with Crippen molar-refractivity contribution < 1.29 is 18.3 Å². The van der Waals surface area contributed by atoms with Gasteiger partial charge in [-0.2, -0.15) is 13.2 Å². The molecule has 15 heavy (non-hydrogen) atoms. The Labute approximate surface area is 84.3 Å². The van der Waals surface area contributed by atoms with Crippen LogP contribution in [-0.4, -0.2) is 22.4 Å². The van der Waals surface area contributed by atoms with Crippen LogP contribution in [0.2, 0.25) is 0 Å². The van der Waals surface area contributed by atoms with Gasteiger partial charge in [-0.05, 0) is 18.2 Å². The molecular formula is C9H9F3N2O. The van der Waals surface area contributed by atoms with Gasteiger partial charge < -0.3 is 10.4 Å². The van der Waals surface area contributed by atoms with Crippen LogP contribution in [0.25, 0.3) is 0 Å². The first-order valence-corrected chi connectivity index (χ1v) is 4.09. The van der Waals surface area contributed by atoms with Crippen LogP contribution in [0.5, 0.6) is 0 Å². The van der Waals surface area contributed by atoms with Crippen molar-refractivity contribution in [2.24, 2.45) is 0 Å². The summed E-state index contributed by atoms with van der Waals surface area (Å²) in [6.07, 6.45) is -4.00. The number of alkyl halides is 3. The predicted molar refractivity (Wildman–Crippen MR) is 49.1 cm³/mol. The Bertz CT molecular complexity index is 324. The van der Waals surface area contributed by atoms with Crippen molar-refractivity contribution in [1.82, 2.24) is 4.98 Å². The van der Waals surface area contributed by atoms with E-state index in [9.17, 15) is 13.2 Å². The Morgan fingerprint density at radius 1 is 1.40 bits per heavy atom. The fourth-order valence-corrected chi connectivity index (χ4v) is 0.782. The Morgan fingerprint density at radius 2 is 2.13 bits per heavy atom. The first-order valence-electron chi connectivity index (χ1n) is 4.09. The van der Waals surface area contributed by atoms with Crippen molar-refractivity contribution in [2.45, 2.75) is 12.3 Å². The molecule has 0 saturated heterocycles. The van der Waals surface area contributed by atoms with Gasteiger partial charge in [0.25, 0.3) is 0 Å². The normalized spacial score (nSPS) is 14.1. The van der Waals surface area contributed by atoms with Crippen molar-refractivity contribution in [2.75, 3.05) is 5.32 Å². The molecule has 0 bridgehead atoms. The number of hydrogen-bond acceptors (Lipinski definition) is 3. The molecule has 1 atom stereocenters. The molecule has 6 heteroatoms. The van der Waals surface area contributed by atoms with Gasteiger partial charge in [0.05, 0.1) is 0 Å². The molecule has 3 nitrogen and oxygen atoms in total. The maximum atomic E-state index is 11.8. The molecule has 0 fully saturated rings. The summed E-state index contributed by atoms with van der Waals surface area (Å²) in [6.45, 7) is 0. The van der Waals surface area contributed by atoms with Crippen molar-refractivity contribution >= 4 is 5.82 Å². The van der Waals surface area contributed by atoms with E-state index in [1.807, 2.05) is 0 Å². The maximum absolute atomic E-state index is 11.8. The molecule has 1 aromatic heterocycles. The second-order valence-corrected chi connectivity index (χ2v) is 2.70. The molecule has 0 aromatic carbocycles. The third-order valence-electron chi connectivity index (χ3n) is 1.51. The minimum Gasteiger partial charge on any atom is -0.380 e. The number of halogens is 3. The highest BCUT2D eigenvalue weighted by atomic mass is 19.4. The van der Waals surface area contributed by atoms with Crippen LogP contribution in [0.3, 0.4) is 0 Å². The number of pyridine rings is 1. The molecule has 82 valence electrons. The summed E-state index contributed by atoms with van der Waals surface area (Å²) >= 11 is 0.